The monoisotopic (exact) mass is 493 g/mol. The first-order chi connectivity index (χ1) is 16.5. The van der Waals surface area contributed by atoms with Crippen LogP contribution >= 0.6 is 22.9 Å². The van der Waals surface area contributed by atoms with Gasteiger partial charge < -0.3 is 10.1 Å². The summed E-state index contributed by atoms with van der Waals surface area (Å²) in [6.45, 7) is 0.197. The smallest absolute Gasteiger partial charge is 0.349 e. The number of nitrogens with one attached hydrogen (secondary N) is 1. The van der Waals surface area contributed by atoms with E-state index in [9.17, 15) is 9.59 Å². The molecule has 3 heterocycles. The molecule has 10 nitrogen and oxygen atoms in total. The zero-order valence-electron chi connectivity index (χ0n) is 17.7. The van der Waals surface area contributed by atoms with Crippen LogP contribution in [0, 0.1) is 0 Å². The molecule has 0 atom stereocenters. The number of carbonyl (C=O) groups is 2. The second kappa shape index (κ2) is 9.04. The van der Waals surface area contributed by atoms with Crippen LogP contribution in [0.5, 0.6) is 0 Å². The number of thiophene rings is 1. The Bertz CT molecular complexity index is 1510. The maximum Gasteiger partial charge on any atom is 0.349 e. The summed E-state index contributed by atoms with van der Waals surface area (Å²) in [7, 11) is 1.30. The Hall–Kier alpha value is -4.09. The third-order valence-corrected chi connectivity index (χ3v) is 6.52. The second-order valence-electron chi connectivity index (χ2n) is 7.14. The van der Waals surface area contributed by atoms with Crippen molar-refractivity contribution in [3.63, 3.8) is 0 Å². The number of nitrogens with zero attached hydrogens (tertiary/aromatic N) is 6. The van der Waals surface area contributed by atoms with Crippen molar-refractivity contribution in [2.24, 2.45) is 0 Å². The Labute approximate surface area is 201 Å². The minimum absolute atomic E-state index is 0.197. The van der Waals surface area contributed by atoms with Gasteiger partial charge in [-0.25, -0.2) is 9.48 Å². The van der Waals surface area contributed by atoms with Crippen LogP contribution in [0.25, 0.3) is 21.5 Å². The van der Waals surface area contributed by atoms with Gasteiger partial charge >= 0.3 is 5.97 Å². The molecule has 0 bridgehead atoms. The highest BCUT2D eigenvalue weighted by Crippen LogP contribution is 2.37. The molecule has 0 aliphatic carbocycles. The van der Waals surface area contributed by atoms with Gasteiger partial charge in [0.25, 0.3) is 5.91 Å². The van der Waals surface area contributed by atoms with Gasteiger partial charge in [-0.2, -0.15) is 5.10 Å². The van der Waals surface area contributed by atoms with Crippen molar-refractivity contribution in [3.05, 3.63) is 76.4 Å². The number of esters is 1. The SMILES string of the molecule is COC(=O)c1sc2cc(NC(=O)c3ccn(Cn4nnc(-c5ccccc5)n4)n3)ccc2c1Cl. The number of hydrogen-bond acceptors (Lipinski definition) is 8. The molecule has 1 N–H and O–H groups in total. The number of methoxy groups -OCH3 is 1. The maximum absolute atomic E-state index is 12.7. The molecule has 12 heteroatoms. The van der Waals surface area contributed by atoms with Crippen molar-refractivity contribution in [1.29, 1.82) is 0 Å². The van der Waals surface area contributed by atoms with E-state index in [4.69, 9.17) is 16.3 Å². The molecule has 0 aliphatic rings. The minimum atomic E-state index is -0.500. The number of fused-ring (bicyclic) bond motifs is 1. The summed E-state index contributed by atoms with van der Waals surface area (Å²) in [4.78, 5) is 26.3. The molecule has 0 saturated heterocycles. The lowest BCUT2D eigenvalue weighted by Crippen LogP contribution is -2.15. The summed E-state index contributed by atoms with van der Waals surface area (Å²) in [5.41, 5.74) is 1.63. The quantitative estimate of drug-likeness (QED) is 0.356. The van der Waals surface area contributed by atoms with Crippen molar-refractivity contribution in [2.45, 2.75) is 6.67 Å². The number of benzene rings is 2. The van der Waals surface area contributed by atoms with E-state index in [0.29, 0.717) is 26.8 Å². The van der Waals surface area contributed by atoms with E-state index in [0.717, 1.165) is 10.3 Å². The van der Waals surface area contributed by atoms with Gasteiger partial charge in [0.2, 0.25) is 5.82 Å². The number of tetrazole rings is 1. The van der Waals surface area contributed by atoms with Gasteiger partial charge in [-0.15, -0.1) is 26.3 Å². The highest BCUT2D eigenvalue weighted by atomic mass is 35.5. The van der Waals surface area contributed by atoms with Crippen molar-refractivity contribution in [2.75, 3.05) is 12.4 Å². The predicted octanol–water partition coefficient (Wildman–Crippen LogP) is 3.95. The number of rotatable bonds is 6. The number of ether oxygens (including phenoxy) is 1. The van der Waals surface area contributed by atoms with E-state index in [1.165, 1.54) is 27.9 Å². The third-order valence-electron chi connectivity index (χ3n) is 4.89. The van der Waals surface area contributed by atoms with E-state index in [1.807, 2.05) is 30.3 Å². The topological polar surface area (TPSA) is 117 Å². The predicted molar refractivity (Wildman–Crippen MR) is 127 cm³/mol. The average molecular weight is 494 g/mol. The number of amides is 1. The molecule has 0 fully saturated rings. The van der Waals surface area contributed by atoms with Gasteiger partial charge in [0.1, 0.15) is 4.88 Å². The van der Waals surface area contributed by atoms with E-state index >= 15 is 0 Å². The zero-order chi connectivity index (χ0) is 23.7. The molecule has 0 spiro atoms. The maximum atomic E-state index is 12.7. The molecule has 170 valence electrons. The molecule has 2 aromatic carbocycles. The van der Waals surface area contributed by atoms with Crippen LogP contribution in [-0.2, 0) is 11.4 Å². The molecule has 0 radical (unpaired) electrons. The molecule has 0 saturated carbocycles. The van der Waals surface area contributed by atoms with E-state index in [-0.39, 0.29) is 18.3 Å². The molecule has 0 aliphatic heterocycles. The van der Waals surface area contributed by atoms with Crippen LogP contribution in [0.1, 0.15) is 20.2 Å². The summed E-state index contributed by atoms with van der Waals surface area (Å²) < 4.78 is 7.05. The van der Waals surface area contributed by atoms with Crippen molar-refractivity contribution in [1.82, 2.24) is 30.0 Å². The lowest BCUT2D eigenvalue weighted by molar-refractivity contribution is 0.0606. The average Bonchev–Trinajstić information content (AvgIpc) is 3.59. The third kappa shape index (κ3) is 4.26. The van der Waals surface area contributed by atoms with Gasteiger partial charge in [0.15, 0.2) is 12.4 Å². The fourth-order valence-corrected chi connectivity index (χ4v) is 4.72. The minimum Gasteiger partial charge on any atom is -0.465 e. The Morgan fingerprint density at radius 3 is 2.74 bits per heavy atom. The Balaban J connectivity index is 1.28. The summed E-state index contributed by atoms with van der Waals surface area (Å²) in [6.07, 6.45) is 1.66. The van der Waals surface area contributed by atoms with E-state index in [2.05, 4.69) is 25.8 Å². The Morgan fingerprint density at radius 1 is 1.12 bits per heavy atom. The summed E-state index contributed by atoms with van der Waals surface area (Å²) in [5.74, 6) is -0.379. The van der Waals surface area contributed by atoms with E-state index < -0.39 is 5.97 Å². The Morgan fingerprint density at radius 2 is 1.94 bits per heavy atom. The number of aromatic nitrogens is 6. The summed E-state index contributed by atoms with van der Waals surface area (Å²) >= 11 is 7.48. The first-order valence-electron chi connectivity index (χ1n) is 10.0. The molecule has 3 aromatic heterocycles. The molecule has 1 amide bonds. The van der Waals surface area contributed by atoms with E-state index in [1.54, 1.807) is 30.5 Å². The number of halogens is 1. The lowest BCUT2D eigenvalue weighted by atomic mass is 10.2. The number of carbonyl (C=O) groups excluding carboxylic acids is 2. The molecule has 5 aromatic rings. The van der Waals surface area contributed by atoms with Crippen molar-refractivity contribution in [3.8, 4) is 11.4 Å². The Kier molecular flexibility index (Phi) is 5.78. The fraction of sp³-hybridized carbons (Fsp3) is 0.0909. The van der Waals surface area contributed by atoms with Gasteiger partial charge in [0, 0.05) is 27.5 Å². The van der Waals surface area contributed by atoms with Crippen LogP contribution < -0.4 is 5.32 Å². The number of hydrogen-bond donors (Lipinski definition) is 1. The van der Waals surface area contributed by atoms with Crippen LogP contribution in [-0.4, -0.2) is 49.0 Å². The molecule has 0 unspecified atom stereocenters. The van der Waals surface area contributed by atoms with Crippen LogP contribution in [0.3, 0.4) is 0 Å². The van der Waals surface area contributed by atoms with Crippen LogP contribution in [0.4, 0.5) is 5.69 Å². The van der Waals surface area contributed by atoms with Gasteiger partial charge in [-0.1, -0.05) is 41.9 Å². The van der Waals surface area contributed by atoms with Gasteiger partial charge in [-0.3, -0.25) is 4.79 Å². The van der Waals surface area contributed by atoms with Crippen molar-refractivity contribution >= 4 is 50.6 Å². The second-order valence-corrected chi connectivity index (χ2v) is 8.57. The fourth-order valence-electron chi connectivity index (χ4n) is 3.26. The molecular weight excluding hydrogens is 478 g/mol. The molecule has 34 heavy (non-hydrogen) atoms. The molecule has 5 rings (SSSR count). The summed E-state index contributed by atoms with van der Waals surface area (Å²) in [5, 5.41) is 20.6. The first-order valence-corrected chi connectivity index (χ1v) is 11.2. The standard InChI is InChI=1S/C22H16ClN7O3S/c1-33-22(32)19-18(23)15-8-7-14(11-17(15)34-19)24-21(31)16-9-10-29(26-16)12-30-27-20(25-28-30)13-5-3-2-4-6-13/h2-11H,12H2,1H3,(H,24,31). The van der Waals surface area contributed by atoms with Gasteiger partial charge in [-0.05, 0) is 29.5 Å². The first kappa shape index (κ1) is 21.7. The van der Waals surface area contributed by atoms with Gasteiger partial charge in [0.05, 0.1) is 12.1 Å². The highest BCUT2D eigenvalue weighted by Gasteiger charge is 2.18. The van der Waals surface area contributed by atoms with Crippen LogP contribution in [0.15, 0.2) is 60.8 Å². The number of anilines is 1. The van der Waals surface area contributed by atoms with Crippen molar-refractivity contribution < 1.29 is 14.3 Å². The van der Waals surface area contributed by atoms with Crippen LogP contribution in [0.2, 0.25) is 5.02 Å². The zero-order valence-corrected chi connectivity index (χ0v) is 19.2. The largest absolute Gasteiger partial charge is 0.465 e. The summed E-state index contributed by atoms with van der Waals surface area (Å²) in [6, 6.07) is 16.3. The normalized spacial score (nSPS) is 11.0. The lowest BCUT2D eigenvalue weighted by Gasteiger charge is -2.03. The molecular formula is C22H16ClN7O3S. The highest BCUT2D eigenvalue weighted by molar-refractivity contribution is 7.21.